The number of nitrogens with zero attached hydrogens (tertiary/aromatic N) is 2. The van der Waals surface area contributed by atoms with Crippen molar-refractivity contribution in [1.29, 1.82) is 0 Å². The molecule has 1 rings (SSSR count). The van der Waals surface area contributed by atoms with Crippen molar-refractivity contribution in [2.75, 3.05) is 18.5 Å². The average molecular weight is 253 g/mol. The highest BCUT2D eigenvalue weighted by atomic mass is 16.6. The number of pyridine rings is 1. The van der Waals surface area contributed by atoms with Crippen molar-refractivity contribution < 1.29 is 10.0 Å². The van der Waals surface area contributed by atoms with Crippen molar-refractivity contribution in [3.05, 3.63) is 27.9 Å². The number of rotatable bonds is 6. The van der Waals surface area contributed by atoms with Crippen molar-refractivity contribution >= 4 is 11.5 Å². The zero-order valence-electron chi connectivity index (χ0n) is 10.9. The van der Waals surface area contributed by atoms with Crippen LogP contribution in [-0.2, 0) is 0 Å². The maximum atomic E-state index is 11.0. The van der Waals surface area contributed by atoms with Gasteiger partial charge in [0.05, 0.1) is 4.92 Å². The number of aliphatic hydroxyl groups is 1. The summed E-state index contributed by atoms with van der Waals surface area (Å²) in [4.78, 5) is 14.6. The second-order valence-corrected chi connectivity index (χ2v) is 5.07. The summed E-state index contributed by atoms with van der Waals surface area (Å²) < 4.78 is 0. The minimum atomic E-state index is -0.427. The van der Waals surface area contributed by atoms with Crippen molar-refractivity contribution in [3.63, 3.8) is 0 Å². The molecule has 100 valence electrons. The van der Waals surface area contributed by atoms with Gasteiger partial charge in [-0.2, -0.15) is 0 Å². The normalized spacial score (nSPS) is 11.3. The molecule has 6 nitrogen and oxygen atoms in total. The predicted octanol–water partition coefficient (Wildman–Crippen LogP) is 2.12. The van der Waals surface area contributed by atoms with Crippen LogP contribution in [0.2, 0.25) is 0 Å². The van der Waals surface area contributed by atoms with Gasteiger partial charge in [-0.05, 0) is 24.8 Å². The molecule has 0 atom stereocenters. The first-order valence-electron chi connectivity index (χ1n) is 5.82. The van der Waals surface area contributed by atoms with E-state index >= 15 is 0 Å². The lowest BCUT2D eigenvalue weighted by atomic mass is 9.90. The standard InChI is InChI=1S/C12H19N3O3/c1-9-4-6-13-11(10(9)15(17)18)14-8-12(2,3)5-7-16/h4,6,16H,5,7-8H2,1-3H3,(H,13,14). The highest BCUT2D eigenvalue weighted by molar-refractivity contribution is 5.59. The minimum absolute atomic E-state index is 0.0114. The molecular formula is C12H19N3O3. The third-order valence-electron chi connectivity index (χ3n) is 2.83. The zero-order chi connectivity index (χ0) is 13.8. The number of nitrogens with one attached hydrogen (secondary N) is 1. The molecule has 0 aliphatic heterocycles. The van der Waals surface area contributed by atoms with Crippen LogP contribution in [-0.4, -0.2) is 28.2 Å². The summed E-state index contributed by atoms with van der Waals surface area (Å²) in [6.45, 7) is 6.27. The number of aromatic nitrogens is 1. The Morgan fingerprint density at radius 3 is 2.78 bits per heavy atom. The maximum absolute atomic E-state index is 11.0. The van der Waals surface area contributed by atoms with Crippen molar-refractivity contribution in [1.82, 2.24) is 4.98 Å². The fraction of sp³-hybridized carbons (Fsp3) is 0.583. The molecule has 0 aliphatic carbocycles. The van der Waals surface area contributed by atoms with Crippen LogP contribution in [0.3, 0.4) is 0 Å². The molecule has 0 saturated carbocycles. The SMILES string of the molecule is Cc1ccnc(NCC(C)(C)CCO)c1[N+](=O)[O-]. The monoisotopic (exact) mass is 253 g/mol. The molecule has 0 amide bonds. The summed E-state index contributed by atoms with van der Waals surface area (Å²) in [7, 11) is 0. The minimum Gasteiger partial charge on any atom is -0.396 e. The summed E-state index contributed by atoms with van der Waals surface area (Å²) in [5.41, 5.74) is 0.448. The first kappa shape index (κ1) is 14.4. The number of nitro groups is 1. The van der Waals surface area contributed by atoms with Crippen LogP contribution in [0.1, 0.15) is 25.8 Å². The number of aryl methyl sites for hydroxylation is 1. The molecule has 18 heavy (non-hydrogen) atoms. The van der Waals surface area contributed by atoms with Gasteiger partial charge in [-0.25, -0.2) is 4.98 Å². The molecule has 0 aromatic carbocycles. The first-order chi connectivity index (χ1) is 8.37. The Bertz CT molecular complexity index is 433. The van der Waals surface area contributed by atoms with Gasteiger partial charge in [0.15, 0.2) is 0 Å². The van der Waals surface area contributed by atoms with Crippen molar-refractivity contribution in [2.45, 2.75) is 27.2 Å². The van der Waals surface area contributed by atoms with E-state index in [9.17, 15) is 10.1 Å². The highest BCUT2D eigenvalue weighted by Crippen LogP contribution is 2.27. The zero-order valence-corrected chi connectivity index (χ0v) is 10.9. The Balaban J connectivity index is 2.85. The summed E-state index contributed by atoms with van der Waals surface area (Å²) >= 11 is 0. The molecule has 2 N–H and O–H groups in total. The Hall–Kier alpha value is -1.69. The lowest BCUT2D eigenvalue weighted by Crippen LogP contribution is -2.25. The van der Waals surface area contributed by atoms with E-state index in [4.69, 9.17) is 5.11 Å². The quantitative estimate of drug-likeness (QED) is 0.598. The van der Waals surface area contributed by atoms with Gasteiger partial charge < -0.3 is 10.4 Å². The van der Waals surface area contributed by atoms with Crippen LogP contribution in [0.15, 0.2) is 12.3 Å². The molecular weight excluding hydrogens is 234 g/mol. The van der Waals surface area contributed by atoms with Crippen LogP contribution < -0.4 is 5.32 Å². The fourth-order valence-corrected chi connectivity index (χ4v) is 1.62. The predicted molar refractivity (Wildman–Crippen MR) is 69.6 cm³/mol. The first-order valence-corrected chi connectivity index (χ1v) is 5.82. The lowest BCUT2D eigenvalue weighted by molar-refractivity contribution is -0.384. The third kappa shape index (κ3) is 3.66. The Kier molecular flexibility index (Phi) is 4.61. The van der Waals surface area contributed by atoms with Gasteiger partial charge in [0, 0.05) is 24.9 Å². The number of hydrogen-bond acceptors (Lipinski definition) is 5. The van der Waals surface area contributed by atoms with Crippen LogP contribution in [0.4, 0.5) is 11.5 Å². The molecule has 6 heteroatoms. The second-order valence-electron chi connectivity index (χ2n) is 5.07. The fourth-order valence-electron chi connectivity index (χ4n) is 1.62. The molecule has 0 aliphatic rings. The molecule has 0 saturated heterocycles. The third-order valence-corrected chi connectivity index (χ3v) is 2.83. The van der Waals surface area contributed by atoms with E-state index in [1.54, 1.807) is 19.2 Å². The van der Waals surface area contributed by atoms with Gasteiger partial charge in [0.1, 0.15) is 0 Å². The van der Waals surface area contributed by atoms with E-state index in [2.05, 4.69) is 10.3 Å². The van der Waals surface area contributed by atoms with Crippen LogP contribution >= 0.6 is 0 Å². The van der Waals surface area contributed by atoms with E-state index < -0.39 is 4.92 Å². The van der Waals surface area contributed by atoms with Crippen molar-refractivity contribution in [3.8, 4) is 0 Å². The summed E-state index contributed by atoms with van der Waals surface area (Å²) in [6.07, 6.45) is 2.17. The number of aliphatic hydroxyl groups excluding tert-OH is 1. The van der Waals surface area contributed by atoms with Gasteiger partial charge in [-0.3, -0.25) is 10.1 Å². The molecule has 0 fully saturated rings. The largest absolute Gasteiger partial charge is 0.396 e. The lowest BCUT2D eigenvalue weighted by Gasteiger charge is -2.24. The molecule has 1 aromatic heterocycles. The van der Waals surface area contributed by atoms with Gasteiger partial charge >= 0.3 is 5.69 Å². The average Bonchev–Trinajstić information content (AvgIpc) is 2.26. The second kappa shape index (κ2) is 5.77. The smallest absolute Gasteiger partial charge is 0.314 e. The summed E-state index contributed by atoms with van der Waals surface area (Å²) in [6, 6.07) is 1.61. The van der Waals surface area contributed by atoms with E-state index in [1.165, 1.54) is 0 Å². The Labute approximate surface area is 106 Å². The van der Waals surface area contributed by atoms with E-state index in [1.807, 2.05) is 13.8 Å². The van der Waals surface area contributed by atoms with Crippen molar-refractivity contribution in [2.24, 2.45) is 5.41 Å². The van der Waals surface area contributed by atoms with Gasteiger partial charge in [-0.1, -0.05) is 13.8 Å². The molecule has 0 bridgehead atoms. The van der Waals surface area contributed by atoms with Gasteiger partial charge in [0.25, 0.3) is 0 Å². The van der Waals surface area contributed by atoms with Crippen LogP contribution in [0.5, 0.6) is 0 Å². The molecule has 0 spiro atoms. The molecule has 1 aromatic rings. The number of anilines is 1. The molecule has 0 unspecified atom stereocenters. The van der Waals surface area contributed by atoms with Crippen LogP contribution in [0.25, 0.3) is 0 Å². The van der Waals surface area contributed by atoms with Crippen LogP contribution in [0, 0.1) is 22.5 Å². The Morgan fingerprint density at radius 1 is 1.56 bits per heavy atom. The topological polar surface area (TPSA) is 88.3 Å². The summed E-state index contributed by atoms with van der Waals surface area (Å²) in [5.74, 6) is 0.283. The van der Waals surface area contributed by atoms with E-state index in [0.717, 1.165) is 0 Å². The number of hydrogen-bond donors (Lipinski definition) is 2. The van der Waals surface area contributed by atoms with E-state index in [0.29, 0.717) is 18.5 Å². The van der Waals surface area contributed by atoms with Gasteiger partial charge in [0.2, 0.25) is 5.82 Å². The molecule has 0 radical (unpaired) electrons. The maximum Gasteiger partial charge on any atom is 0.314 e. The highest BCUT2D eigenvalue weighted by Gasteiger charge is 2.22. The van der Waals surface area contributed by atoms with E-state index in [-0.39, 0.29) is 23.5 Å². The molecule has 1 heterocycles. The summed E-state index contributed by atoms with van der Waals surface area (Å²) in [5, 5.41) is 22.9. The van der Waals surface area contributed by atoms with Gasteiger partial charge in [-0.15, -0.1) is 0 Å². The Morgan fingerprint density at radius 2 is 2.22 bits per heavy atom.